The third-order valence-electron chi connectivity index (χ3n) is 4.34. The van der Waals surface area contributed by atoms with Crippen LogP contribution in [0.2, 0.25) is 0 Å². The van der Waals surface area contributed by atoms with Crippen molar-refractivity contribution in [1.29, 1.82) is 0 Å². The first-order valence-corrected chi connectivity index (χ1v) is 10.1. The van der Waals surface area contributed by atoms with E-state index in [4.69, 9.17) is 9.47 Å². The van der Waals surface area contributed by atoms with Crippen LogP contribution in [-0.2, 0) is 11.2 Å². The third kappa shape index (κ3) is 8.23. The summed E-state index contributed by atoms with van der Waals surface area (Å²) in [6, 6.07) is 11.6. The minimum atomic E-state index is -0.314. The van der Waals surface area contributed by atoms with Gasteiger partial charge in [-0.15, -0.1) is 24.0 Å². The minimum absolute atomic E-state index is 0. The third-order valence-corrected chi connectivity index (χ3v) is 4.34. The average Bonchev–Trinajstić information content (AvgIpc) is 2.98. The lowest BCUT2D eigenvalue weighted by Crippen LogP contribution is -2.32. The fourth-order valence-corrected chi connectivity index (χ4v) is 2.90. The second-order valence-corrected chi connectivity index (χ2v) is 6.75. The number of guanidine groups is 1. The molecule has 2 aromatic rings. The predicted octanol–water partition coefficient (Wildman–Crippen LogP) is 3.34. The van der Waals surface area contributed by atoms with E-state index in [1.165, 1.54) is 12.1 Å². The largest absolute Gasteiger partial charge is 0.490 e. The number of nitrogens with zero attached hydrogens (tertiary/aromatic N) is 1. The lowest BCUT2D eigenvalue weighted by molar-refractivity contribution is -0.120. The number of aliphatic imine (C=N–C) groups is 1. The quantitative estimate of drug-likeness (QED) is 0.217. The molecule has 0 saturated carbocycles. The molecule has 0 bridgehead atoms. The lowest BCUT2D eigenvalue weighted by Gasteiger charge is -2.14. The number of nitrogens with one attached hydrogen (secondary N) is 3. The van der Waals surface area contributed by atoms with Gasteiger partial charge in [-0.05, 0) is 36.8 Å². The molecule has 0 spiro atoms. The van der Waals surface area contributed by atoms with Crippen LogP contribution in [-0.4, -0.2) is 44.7 Å². The maximum absolute atomic E-state index is 12.9. The number of hydrogen-bond acceptors (Lipinski definition) is 4. The number of rotatable bonds is 7. The number of ether oxygens (including phenoxy) is 2. The van der Waals surface area contributed by atoms with Gasteiger partial charge < -0.3 is 25.4 Å². The maximum atomic E-state index is 12.9. The molecular formula is C22H28FIN4O3. The Morgan fingerprint density at radius 1 is 1.06 bits per heavy atom. The number of benzene rings is 2. The van der Waals surface area contributed by atoms with Crippen LogP contribution in [0, 0.1) is 5.82 Å². The van der Waals surface area contributed by atoms with Crippen LogP contribution in [0.3, 0.4) is 0 Å². The zero-order valence-electron chi connectivity index (χ0n) is 17.4. The molecule has 3 N–H and O–H groups in total. The van der Waals surface area contributed by atoms with Gasteiger partial charge in [0.15, 0.2) is 17.5 Å². The monoisotopic (exact) mass is 542 g/mol. The highest BCUT2D eigenvalue weighted by Gasteiger charge is 2.11. The Hall–Kier alpha value is -2.56. The molecule has 3 rings (SSSR count). The highest BCUT2D eigenvalue weighted by Crippen LogP contribution is 2.32. The number of amides is 1. The summed E-state index contributed by atoms with van der Waals surface area (Å²) in [5.74, 6) is 1.62. The van der Waals surface area contributed by atoms with Gasteiger partial charge in [0.1, 0.15) is 5.82 Å². The molecule has 7 nitrogen and oxygen atoms in total. The van der Waals surface area contributed by atoms with Crippen molar-refractivity contribution in [1.82, 2.24) is 10.6 Å². The lowest BCUT2D eigenvalue weighted by atomic mass is 10.1. The van der Waals surface area contributed by atoms with Crippen molar-refractivity contribution in [3.05, 3.63) is 53.8 Å². The number of carbonyl (C=O) groups is 1. The predicted molar refractivity (Wildman–Crippen MR) is 130 cm³/mol. The summed E-state index contributed by atoms with van der Waals surface area (Å²) < 4.78 is 24.3. The van der Waals surface area contributed by atoms with E-state index in [9.17, 15) is 9.18 Å². The Bertz CT molecular complexity index is 878. The van der Waals surface area contributed by atoms with Crippen molar-refractivity contribution in [3.8, 4) is 11.5 Å². The number of halogens is 2. The van der Waals surface area contributed by atoms with Crippen LogP contribution in [0.1, 0.15) is 18.9 Å². The molecule has 9 heteroatoms. The molecule has 0 atom stereocenters. The zero-order chi connectivity index (χ0) is 21.2. The van der Waals surface area contributed by atoms with Crippen molar-refractivity contribution in [3.63, 3.8) is 0 Å². The van der Waals surface area contributed by atoms with Crippen molar-refractivity contribution in [2.75, 3.05) is 38.2 Å². The SMILES string of the molecule is CCNC(=NCCNC(=O)Cc1ccc(F)cc1)Nc1ccc2c(c1)OCCCO2.I. The molecule has 1 aliphatic heterocycles. The molecule has 0 radical (unpaired) electrons. The van der Waals surface area contributed by atoms with E-state index >= 15 is 0 Å². The first-order chi connectivity index (χ1) is 14.6. The highest BCUT2D eigenvalue weighted by molar-refractivity contribution is 14.0. The number of anilines is 1. The molecule has 2 aromatic carbocycles. The second kappa shape index (κ2) is 13.0. The van der Waals surface area contributed by atoms with Gasteiger partial charge in [0.25, 0.3) is 0 Å². The summed E-state index contributed by atoms with van der Waals surface area (Å²) in [4.78, 5) is 16.5. The topological polar surface area (TPSA) is 84.0 Å². The maximum Gasteiger partial charge on any atom is 0.224 e. The Kier molecular flexibility index (Phi) is 10.3. The smallest absolute Gasteiger partial charge is 0.224 e. The number of hydrogen-bond donors (Lipinski definition) is 3. The fourth-order valence-electron chi connectivity index (χ4n) is 2.90. The Balaban J connectivity index is 0.00000341. The summed E-state index contributed by atoms with van der Waals surface area (Å²) in [6.07, 6.45) is 1.06. The molecule has 0 aromatic heterocycles. The molecule has 1 heterocycles. The summed E-state index contributed by atoms with van der Waals surface area (Å²) >= 11 is 0. The molecule has 1 amide bonds. The molecule has 31 heavy (non-hydrogen) atoms. The Morgan fingerprint density at radius 3 is 2.55 bits per heavy atom. The van der Waals surface area contributed by atoms with Gasteiger partial charge in [0.2, 0.25) is 5.91 Å². The summed E-state index contributed by atoms with van der Waals surface area (Å²) in [5.41, 5.74) is 1.60. The van der Waals surface area contributed by atoms with Crippen LogP contribution in [0.25, 0.3) is 0 Å². The standard InChI is InChI=1S/C22H27FN4O3.HI/c1-2-24-22(27-18-8-9-19-20(15-18)30-13-3-12-29-19)26-11-10-25-21(28)14-16-4-6-17(23)7-5-16;/h4-9,15H,2-3,10-14H2,1H3,(H,25,28)(H2,24,26,27);1H. The van der Waals surface area contributed by atoms with E-state index in [2.05, 4.69) is 20.9 Å². The number of fused-ring (bicyclic) bond motifs is 1. The van der Waals surface area contributed by atoms with Crippen molar-refractivity contribution in [2.24, 2.45) is 4.99 Å². The van der Waals surface area contributed by atoms with Gasteiger partial charge in [0.05, 0.1) is 26.2 Å². The highest BCUT2D eigenvalue weighted by atomic mass is 127. The van der Waals surface area contributed by atoms with Gasteiger partial charge in [-0.2, -0.15) is 0 Å². The molecule has 1 aliphatic rings. The van der Waals surface area contributed by atoms with Gasteiger partial charge in [-0.1, -0.05) is 12.1 Å². The second-order valence-electron chi connectivity index (χ2n) is 6.75. The van der Waals surface area contributed by atoms with E-state index in [0.29, 0.717) is 44.6 Å². The van der Waals surface area contributed by atoms with Crippen molar-refractivity contribution in [2.45, 2.75) is 19.8 Å². The van der Waals surface area contributed by atoms with Gasteiger partial charge in [-0.25, -0.2) is 4.39 Å². The summed E-state index contributed by atoms with van der Waals surface area (Å²) in [7, 11) is 0. The van der Waals surface area contributed by atoms with Crippen LogP contribution in [0.4, 0.5) is 10.1 Å². The minimum Gasteiger partial charge on any atom is -0.490 e. The zero-order valence-corrected chi connectivity index (χ0v) is 19.8. The summed E-state index contributed by atoms with van der Waals surface area (Å²) in [5, 5.41) is 9.24. The Morgan fingerprint density at radius 2 is 1.81 bits per heavy atom. The molecule has 0 aliphatic carbocycles. The molecule has 168 valence electrons. The van der Waals surface area contributed by atoms with Crippen LogP contribution < -0.4 is 25.4 Å². The van der Waals surface area contributed by atoms with Gasteiger partial charge in [-0.3, -0.25) is 9.79 Å². The number of carbonyl (C=O) groups excluding carboxylic acids is 1. The molecule has 0 saturated heterocycles. The van der Waals surface area contributed by atoms with E-state index in [0.717, 1.165) is 23.4 Å². The van der Waals surface area contributed by atoms with Crippen LogP contribution >= 0.6 is 24.0 Å². The van der Waals surface area contributed by atoms with Crippen molar-refractivity contribution >= 4 is 41.5 Å². The van der Waals surface area contributed by atoms with Crippen molar-refractivity contribution < 1.29 is 18.7 Å². The van der Waals surface area contributed by atoms with Gasteiger partial charge in [0, 0.05) is 31.3 Å². The van der Waals surface area contributed by atoms with Crippen LogP contribution in [0.5, 0.6) is 11.5 Å². The van der Waals surface area contributed by atoms with E-state index in [1.54, 1.807) is 12.1 Å². The first kappa shape index (κ1) is 24.7. The molecule has 0 unspecified atom stereocenters. The Labute approximate surface area is 198 Å². The average molecular weight is 542 g/mol. The fraction of sp³-hybridized carbons (Fsp3) is 0.364. The van der Waals surface area contributed by atoms with Gasteiger partial charge >= 0.3 is 0 Å². The normalized spacial score (nSPS) is 12.9. The first-order valence-electron chi connectivity index (χ1n) is 10.1. The van der Waals surface area contributed by atoms with E-state index in [1.807, 2.05) is 25.1 Å². The molecular weight excluding hydrogens is 514 g/mol. The van der Waals surface area contributed by atoms with Crippen LogP contribution in [0.15, 0.2) is 47.5 Å². The molecule has 0 fully saturated rings. The summed E-state index contributed by atoms with van der Waals surface area (Å²) in [6.45, 7) is 4.77. The van der Waals surface area contributed by atoms with E-state index in [-0.39, 0.29) is 42.1 Å². The van der Waals surface area contributed by atoms with E-state index < -0.39 is 0 Å².